The van der Waals surface area contributed by atoms with Crippen molar-refractivity contribution in [2.45, 2.75) is 0 Å². The van der Waals surface area contributed by atoms with Gasteiger partial charge >= 0.3 is 17.1 Å². The Hall–Kier alpha value is -2.35. The first-order valence-electron chi connectivity index (χ1n) is 6.93. The van der Waals surface area contributed by atoms with E-state index in [1.54, 1.807) is 0 Å². The Balaban J connectivity index is 0.000000253. The summed E-state index contributed by atoms with van der Waals surface area (Å²) >= 11 is 0. The van der Waals surface area contributed by atoms with Crippen LogP contribution in [-0.4, -0.2) is 9.78 Å². The van der Waals surface area contributed by atoms with E-state index in [4.69, 9.17) is 0 Å². The van der Waals surface area contributed by atoms with Crippen LogP contribution in [0.15, 0.2) is 97.2 Å². The molecule has 1 aromatic heterocycles. The molecule has 0 amide bonds. The Bertz CT molecular complexity index is 721. The van der Waals surface area contributed by atoms with Crippen molar-refractivity contribution >= 4 is 0 Å². The number of para-hydroxylation sites is 1. The smallest absolute Gasteiger partial charge is 0.252 e. The summed E-state index contributed by atoms with van der Waals surface area (Å²) in [6.45, 7) is 0. The molecule has 0 atom stereocenters. The maximum atomic E-state index is 4.36. The Kier molecular flexibility index (Phi) is 5.96. The molecule has 0 spiro atoms. The molecule has 22 heavy (non-hydrogen) atoms. The molecule has 0 aliphatic rings. The first-order chi connectivity index (χ1) is 10.4. The van der Waals surface area contributed by atoms with E-state index in [0.29, 0.717) is 0 Å². The second-order valence-corrected chi connectivity index (χ2v) is 4.60. The molecular weight excluding hydrogens is 312 g/mol. The van der Waals surface area contributed by atoms with Crippen molar-refractivity contribution in [1.82, 2.24) is 9.78 Å². The van der Waals surface area contributed by atoms with E-state index >= 15 is 0 Å². The molecule has 0 unspecified atom stereocenters. The first-order valence-corrected chi connectivity index (χ1v) is 6.93. The van der Waals surface area contributed by atoms with Gasteiger partial charge in [0.05, 0.1) is 5.69 Å². The fraction of sp³-hybridized carbons (Fsp3) is 0. The summed E-state index contributed by atoms with van der Waals surface area (Å²) in [5, 5.41) is 4.36. The Morgan fingerprint density at radius 3 is 2.09 bits per heavy atom. The predicted molar refractivity (Wildman–Crippen MR) is 86.6 cm³/mol. The molecule has 110 valence electrons. The molecule has 4 aromatic rings. The summed E-state index contributed by atoms with van der Waals surface area (Å²) < 4.78 is 1.95. The van der Waals surface area contributed by atoms with E-state index in [2.05, 4.69) is 29.4 Å². The number of nitrogens with zero attached hydrogens (tertiary/aromatic N) is 2. The van der Waals surface area contributed by atoms with E-state index in [0.717, 1.165) is 11.4 Å². The minimum Gasteiger partial charge on any atom is -0.252 e. The van der Waals surface area contributed by atoms with Gasteiger partial charge in [-0.25, -0.2) is 12.1 Å². The van der Waals surface area contributed by atoms with Crippen molar-refractivity contribution in [1.29, 1.82) is 0 Å². The van der Waals surface area contributed by atoms with Crippen LogP contribution in [0.2, 0.25) is 0 Å². The molecule has 3 aromatic carbocycles. The number of rotatable bonds is 2. The van der Waals surface area contributed by atoms with Gasteiger partial charge in [0.25, 0.3) is 0 Å². The zero-order chi connectivity index (χ0) is 14.3. The van der Waals surface area contributed by atoms with Crippen LogP contribution >= 0.6 is 0 Å². The standard InChI is InChI=1S/C14H11N2.C5H5.Fe/c1-2-8-13(9-3-1)16-14(10-11-15-16)12-6-4-5-7-12;1-2-4-5-3-1;/h1-11H;1-5H;/q2*-1;+2. The molecule has 0 aliphatic heterocycles. The van der Waals surface area contributed by atoms with Gasteiger partial charge in [0, 0.05) is 6.20 Å². The van der Waals surface area contributed by atoms with Crippen molar-refractivity contribution in [3.05, 3.63) is 97.2 Å². The van der Waals surface area contributed by atoms with Gasteiger partial charge in [-0.2, -0.15) is 35.4 Å². The summed E-state index contributed by atoms with van der Waals surface area (Å²) in [7, 11) is 0. The van der Waals surface area contributed by atoms with Gasteiger partial charge < -0.3 is 0 Å². The number of hydrogen-bond donors (Lipinski definition) is 0. The van der Waals surface area contributed by atoms with Gasteiger partial charge in [-0.15, -0.1) is 12.1 Å². The minimum absolute atomic E-state index is 0. The van der Waals surface area contributed by atoms with Crippen molar-refractivity contribution < 1.29 is 17.1 Å². The average molecular weight is 328 g/mol. The summed E-state index contributed by atoms with van der Waals surface area (Å²) in [4.78, 5) is 0. The third-order valence-corrected chi connectivity index (χ3v) is 3.16. The van der Waals surface area contributed by atoms with Crippen molar-refractivity contribution in [3.63, 3.8) is 0 Å². The van der Waals surface area contributed by atoms with Crippen LogP contribution in [0.25, 0.3) is 16.9 Å². The molecule has 3 heteroatoms. The largest absolute Gasteiger partial charge is 2.00 e. The van der Waals surface area contributed by atoms with Gasteiger partial charge in [-0.05, 0) is 17.8 Å². The van der Waals surface area contributed by atoms with Crippen LogP contribution < -0.4 is 0 Å². The quantitative estimate of drug-likeness (QED) is 0.386. The Labute approximate surface area is 141 Å². The maximum absolute atomic E-state index is 4.36. The Morgan fingerprint density at radius 2 is 1.50 bits per heavy atom. The summed E-state index contributed by atoms with van der Waals surface area (Å²) in [6, 6.07) is 30.5. The van der Waals surface area contributed by atoms with Crippen LogP contribution in [0.1, 0.15) is 0 Å². The molecule has 1 heterocycles. The van der Waals surface area contributed by atoms with E-state index in [1.807, 2.05) is 77.6 Å². The monoisotopic (exact) mass is 328 g/mol. The molecule has 0 N–H and O–H groups in total. The zero-order valence-corrected chi connectivity index (χ0v) is 13.1. The number of aromatic nitrogens is 2. The normalized spacial score (nSPS) is 9.45. The van der Waals surface area contributed by atoms with E-state index in [9.17, 15) is 0 Å². The Morgan fingerprint density at radius 1 is 0.818 bits per heavy atom. The molecule has 0 bridgehead atoms. The SMILES string of the molecule is [Fe+2].c1cc[cH-]c1.c1ccc(-n2nccc2-[c-]2cccc2)cc1. The first kappa shape index (κ1) is 16.0. The van der Waals surface area contributed by atoms with Gasteiger partial charge in [-0.3, -0.25) is 4.68 Å². The van der Waals surface area contributed by atoms with Crippen molar-refractivity contribution in [3.8, 4) is 16.9 Å². The van der Waals surface area contributed by atoms with E-state index in [-0.39, 0.29) is 17.1 Å². The summed E-state index contributed by atoms with van der Waals surface area (Å²) in [5.41, 5.74) is 3.40. The van der Waals surface area contributed by atoms with E-state index < -0.39 is 0 Å². The molecule has 0 aliphatic carbocycles. The molecular formula is C19H16FeN2. The predicted octanol–water partition coefficient (Wildman–Crippen LogP) is 4.66. The average Bonchev–Trinajstić information content (AvgIpc) is 3.29. The maximum Gasteiger partial charge on any atom is 2.00 e. The van der Waals surface area contributed by atoms with Crippen LogP contribution in [0.4, 0.5) is 0 Å². The van der Waals surface area contributed by atoms with Crippen LogP contribution in [-0.2, 0) is 17.1 Å². The van der Waals surface area contributed by atoms with Crippen LogP contribution in [0.5, 0.6) is 0 Å². The number of benzene rings is 1. The molecule has 0 saturated heterocycles. The fourth-order valence-corrected chi connectivity index (χ4v) is 2.16. The number of hydrogen-bond acceptors (Lipinski definition) is 1. The van der Waals surface area contributed by atoms with Crippen LogP contribution in [0, 0.1) is 0 Å². The fourth-order valence-electron chi connectivity index (χ4n) is 2.16. The minimum atomic E-state index is 0. The summed E-state index contributed by atoms with van der Waals surface area (Å²) in [5.74, 6) is 0. The van der Waals surface area contributed by atoms with Gasteiger partial charge in [-0.1, -0.05) is 29.8 Å². The van der Waals surface area contributed by atoms with E-state index in [1.165, 1.54) is 5.56 Å². The zero-order valence-electron chi connectivity index (χ0n) is 12.0. The molecule has 0 saturated carbocycles. The third kappa shape index (κ3) is 3.85. The summed E-state index contributed by atoms with van der Waals surface area (Å²) in [6.07, 6.45) is 1.83. The van der Waals surface area contributed by atoms with Crippen molar-refractivity contribution in [2.24, 2.45) is 0 Å². The third-order valence-electron chi connectivity index (χ3n) is 3.16. The van der Waals surface area contributed by atoms with Gasteiger partial charge in [0.2, 0.25) is 0 Å². The second kappa shape index (κ2) is 8.18. The van der Waals surface area contributed by atoms with Gasteiger partial charge in [0.15, 0.2) is 0 Å². The molecule has 4 rings (SSSR count). The second-order valence-electron chi connectivity index (χ2n) is 4.60. The van der Waals surface area contributed by atoms with Crippen molar-refractivity contribution in [2.75, 3.05) is 0 Å². The molecule has 2 nitrogen and oxygen atoms in total. The topological polar surface area (TPSA) is 17.8 Å². The molecule has 0 fully saturated rings. The van der Waals surface area contributed by atoms with Crippen LogP contribution in [0.3, 0.4) is 0 Å². The molecule has 0 radical (unpaired) electrons. The van der Waals surface area contributed by atoms with Gasteiger partial charge in [0.1, 0.15) is 0 Å².